The summed E-state index contributed by atoms with van der Waals surface area (Å²) in [5, 5.41) is 13.1. The van der Waals surface area contributed by atoms with Crippen molar-refractivity contribution in [3.05, 3.63) is 29.8 Å². The van der Waals surface area contributed by atoms with E-state index < -0.39 is 0 Å². The summed E-state index contributed by atoms with van der Waals surface area (Å²) in [6.07, 6.45) is 4.42. The molecule has 2 aliphatic rings. The molecule has 0 aromatic heterocycles. The van der Waals surface area contributed by atoms with Crippen molar-refractivity contribution in [3.63, 3.8) is 0 Å². The highest BCUT2D eigenvalue weighted by Gasteiger charge is 2.36. The van der Waals surface area contributed by atoms with Crippen LogP contribution in [-0.2, 0) is 6.42 Å². The van der Waals surface area contributed by atoms with Crippen LogP contribution in [0.5, 0.6) is 5.75 Å². The Morgan fingerprint density at radius 2 is 2.28 bits per heavy atom. The van der Waals surface area contributed by atoms with Crippen LogP contribution in [0.15, 0.2) is 24.3 Å². The quantitative estimate of drug-likeness (QED) is 0.855. The lowest BCUT2D eigenvalue weighted by molar-refractivity contribution is 0.0475. The maximum atomic E-state index is 9.72. The number of fused-ring (bicyclic) bond motifs is 1. The van der Waals surface area contributed by atoms with Gasteiger partial charge in [-0.05, 0) is 37.4 Å². The van der Waals surface area contributed by atoms with Crippen LogP contribution in [0.2, 0.25) is 0 Å². The third kappa shape index (κ3) is 2.25. The van der Waals surface area contributed by atoms with Gasteiger partial charge in [-0.15, -0.1) is 0 Å². The molecule has 0 saturated carbocycles. The average Bonchev–Trinajstić information content (AvgIpc) is 2.81. The van der Waals surface area contributed by atoms with Gasteiger partial charge < -0.3 is 15.2 Å². The number of aliphatic hydroxyl groups excluding tert-OH is 1. The number of hydrogen-bond acceptors (Lipinski definition) is 3. The third-order valence-electron chi connectivity index (χ3n) is 4.27. The van der Waals surface area contributed by atoms with Gasteiger partial charge in [-0.1, -0.05) is 18.2 Å². The Morgan fingerprint density at radius 1 is 1.39 bits per heavy atom. The van der Waals surface area contributed by atoms with Crippen LogP contribution in [0.25, 0.3) is 0 Å². The zero-order valence-electron chi connectivity index (χ0n) is 10.7. The first-order valence-electron chi connectivity index (χ1n) is 6.87. The van der Waals surface area contributed by atoms with E-state index in [9.17, 15) is 5.11 Å². The molecule has 18 heavy (non-hydrogen) atoms. The maximum absolute atomic E-state index is 9.72. The van der Waals surface area contributed by atoms with Crippen molar-refractivity contribution in [1.82, 2.24) is 5.32 Å². The fourth-order valence-corrected chi connectivity index (χ4v) is 3.25. The maximum Gasteiger partial charge on any atom is 0.123 e. The Labute approximate surface area is 108 Å². The van der Waals surface area contributed by atoms with Gasteiger partial charge in [-0.3, -0.25) is 0 Å². The standard InChI is InChI=1S/C15H21NO2/c17-11-15(6-3-7-16-10-15)9-13-8-12-4-1-2-5-14(12)18-13/h1-2,4-5,13,16-17H,3,6-11H2. The van der Waals surface area contributed by atoms with Crippen molar-refractivity contribution in [1.29, 1.82) is 0 Å². The van der Waals surface area contributed by atoms with Crippen LogP contribution in [0.4, 0.5) is 0 Å². The predicted molar refractivity (Wildman–Crippen MR) is 70.8 cm³/mol. The monoisotopic (exact) mass is 247 g/mol. The predicted octanol–water partition coefficient (Wildman–Crippen LogP) is 1.74. The first-order valence-corrected chi connectivity index (χ1v) is 6.87. The Hall–Kier alpha value is -1.06. The topological polar surface area (TPSA) is 41.5 Å². The van der Waals surface area contributed by atoms with E-state index in [2.05, 4.69) is 17.4 Å². The number of nitrogens with one attached hydrogen (secondary N) is 1. The number of para-hydroxylation sites is 1. The zero-order chi connectivity index (χ0) is 12.4. The van der Waals surface area contributed by atoms with Crippen LogP contribution >= 0.6 is 0 Å². The molecule has 1 fully saturated rings. The van der Waals surface area contributed by atoms with E-state index in [1.54, 1.807) is 0 Å². The summed E-state index contributed by atoms with van der Waals surface area (Å²) in [7, 11) is 0. The molecule has 2 unspecified atom stereocenters. The molecule has 0 bridgehead atoms. The number of benzene rings is 1. The van der Waals surface area contributed by atoms with Crippen molar-refractivity contribution in [2.45, 2.75) is 31.8 Å². The molecule has 0 radical (unpaired) electrons. The minimum absolute atomic E-state index is 0.0188. The molecular weight excluding hydrogens is 226 g/mol. The Kier molecular flexibility index (Phi) is 3.27. The van der Waals surface area contributed by atoms with E-state index in [1.807, 2.05) is 12.1 Å². The molecule has 1 saturated heterocycles. The third-order valence-corrected chi connectivity index (χ3v) is 4.27. The lowest BCUT2D eigenvalue weighted by atomic mass is 9.76. The van der Waals surface area contributed by atoms with Crippen molar-refractivity contribution >= 4 is 0 Å². The second-order valence-corrected chi connectivity index (χ2v) is 5.69. The highest BCUT2D eigenvalue weighted by Crippen LogP contribution is 2.37. The van der Waals surface area contributed by atoms with Crippen molar-refractivity contribution in [2.24, 2.45) is 5.41 Å². The van der Waals surface area contributed by atoms with Gasteiger partial charge in [0.2, 0.25) is 0 Å². The number of ether oxygens (including phenoxy) is 1. The van der Waals surface area contributed by atoms with Crippen LogP contribution in [-0.4, -0.2) is 30.9 Å². The molecule has 2 aliphatic heterocycles. The summed E-state index contributed by atoms with van der Waals surface area (Å²) in [6.45, 7) is 2.25. The number of hydrogen-bond donors (Lipinski definition) is 2. The number of rotatable bonds is 3. The molecule has 1 aromatic rings. The van der Waals surface area contributed by atoms with Gasteiger partial charge in [0, 0.05) is 18.4 Å². The van der Waals surface area contributed by atoms with E-state index >= 15 is 0 Å². The molecule has 2 N–H and O–H groups in total. The summed E-state index contributed by atoms with van der Waals surface area (Å²) in [6, 6.07) is 8.26. The molecule has 0 aliphatic carbocycles. The lowest BCUT2D eigenvalue weighted by Crippen LogP contribution is -2.45. The summed E-state index contributed by atoms with van der Waals surface area (Å²) >= 11 is 0. The molecular formula is C15H21NO2. The van der Waals surface area contributed by atoms with Crippen LogP contribution < -0.4 is 10.1 Å². The second kappa shape index (κ2) is 4.90. The fraction of sp³-hybridized carbons (Fsp3) is 0.600. The number of piperidine rings is 1. The van der Waals surface area contributed by atoms with Gasteiger partial charge in [0.15, 0.2) is 0 Å². The molecule has 0 spiro atoms. The lowest BCUT2D eigenvalue weighted by Gasteiger charge is -2.37. The molecule has 1 aromatic carbocycles. The summed E-state index contributed by atoms with van der Waals surface area (Å²) in [4.78, 5) is 0. The van der Waals surface area contributed by atoms with Gasteiger partial charge in [-0.2, -0.15) is 0 Å². The normalized spacial score (nSPS) is 30.8. The summed E-state index contributed by atoms with van der Waals surface area (Å²) in [5.74, 6) is 1.03. The highest BCUT2D eigenvalue weighted by atomic mass is 16.5. The molecule has 2 atom stereocenters. The SMILES string of the molecule is OCC1(CC2Cc3ccccc3O2)CCCNC1. The van der Waals surface area contributed by atoms with Crippen LogP contribution in [0, 0.1) is 5.41 Å². The Bertz CT molecular complexity index is 388. The first-order chi connectivity index (χ1) is 8.81. The molecule has 2 heterocycles. The van der Waals surface area contributed by atoms with Crippen molar-refractivity contribution < 1.29 is 9.84 Å². The smallest absolute Gasteiger partial charge is 0.123 e. The van der Waals surface area contributed by atoms with Gasteiger partial charge in [0.25, 0.3) is 0 Å². The Morgan fingerprint density at radius 3 is 3.00 bits per heavy atom. The molecule has 3 nitrogen and oxygen atoms in total. The van der Waals surface area contributed by atoms with E-state index in [0.29, 0.717) is 0 Å². The molecule has 3 heteroatoms. The largest absolute Gasteiger partial charge is 0.490 e. The summed E-state index contributed by atoms with van der Waals surface area (Å²) in [5.41, 5.74) is 1.32. The molecule has 3 rings (SSSR count). The van der Waals surface area contributed by atoms with Crippen LogP contribution in [0.3, 0.4) is 0 Å². The molecule has 0 amide bonds. The van der Waals surface area contributed by atoms with Crippen LogP contribution in [0.1, 0.15) is 24.8 Å². The number of aliphatic hydroxyl groups is 1. The minimum Gasteiger partial charge on any atom is -0.490 e. The van der Waals surface area contributed by atoms with Crippen molar-refractivity contribution in [2.75, 3.05) is 19.7 Å². The first kappa shape index (κ1) is 12.0. The fourth-order valence-electron chi connectivity index (χ4n) is 3.25. The van der Waals surface area contributed by atoms with E-state index in [0.717, 1.165) is 44.5 Å². The highest BCUT2D eigenvalue weighted by molar-refractivity contribution is 5.37. The Balaban J connectivity index is 1.67. The van der Waals surface area contributed by atoms with E-state index in [4.69, 9.17) is 4.74 Å². The minimum atomic E-state index is 0.0188. The van der Waals surface area contributed by atoms with E-state index in [-0.39, 0.29) is 18.1 Å². The second-order valence-electron chi connectivity index (χ2n) is 5.69. The van der Waals surface area contributed by atoms with Gasteiger partial charge >= 0.3 is 0 Å². The summed E-state index contributed by atoms with van der Waals surface area (Å²) < 4.78 is 6.00. The van der Waals surface area contributed by atoms with Gasteiger partial charge in [-0.25, -0.2) is 0 Å². The van der Waals surface area contributed by atoms with Crippen molar-refractivity contribution in [3.8, 4) is 5.75 Å². The molecule has 98 valence electrons. The van der Waals surface area contributed by atoms with Gasteiger partial charge in [0.1, 0.15) is 11.9 Å². The zero-order valence-corrected chi connectivity index (χ0v) is 10.7. The van der Waals surface area contributed by atoms with Gasteiger partial charge in [0.05, 0.1) is 6.61 Å². The average molecular weight is 247 g/mol. The van der Waals surface area contributed by atoms with E-state index in [1.165, 1.54) is 5.56 Å².